The molecule has 0 bridgehead atoms. The molecule has 46 heavy (non-hydrogen) atoms. The minimum absolute atomic E-state index is 0.000733. The fourth-order valence-corrected chi connectivity index (χ4v) is 5.18. The van der Waals surface area contributed by atoms with Gasteiger partial charge in [-0.3, -0.25) is 9.59 Å². The van der Waals surface area contributed by atoms with Crippen LogP contribution in [0.15, 0.2) is 91.0 Å². The summed E-state index contributed by atoms with van der Waals surface area (Å²) in [5.74, 6) is -0.114. The number of carboxylic acid groups (broad SMARTS) is 2. The van der Waals surface area contributed by atoms with Crippen molar-refractivity contribution in [3.8, 4) is 28.4 Å². The van der Waals surface area contributed by atoms with E-state index in [1.807, 2.05) is 72.8 Å². The fourth-order valence-electron chi connectivity index (χ4n) is 5.18. The molecule has 242 valence electrons. The summed E-state index contributed by atoms with van der Waals surface area (Å²) in [7, 11) is 0. The van der Waals surface area contributed by atoms with Crippen LogP contribution in [0, 0.1) is 5.82 Å². The fraction of sp³-hybridized carbons (Fsp3) is 0.316. The summed E-state index contributed by atoms with van der Waals surface area (Å²) in [6, 6.07) is 27.7. The van der Waals surface area contributed by atoms with E-state index < -0.39 is 11.9 Å². The van der Waals surface area contributed by atoms with E-state index in [4.69, 9.17) is 19.3 Å². The smallest absolute Gasteiger partial charge is 0.303 e. The topological polar surface area (TPSA) is 102 Å². The van der Waals surface area contributed by atoms with E-state index in [2.05, 4.69) is 0 Å². The lowest BCUT2D eigenvalue weighted by molar-refractivity contribution is -0.138. The van der Waals surface area contributed by atoms with E-state index in [0.717, 1.165) is 59.9 Å². The number of aryl methyl sites for hydroxylation is 1. The zero-order chi connectivity index (χ0) is 32.6. The maximum atomic E-state index is 14.0. The van der Waals surface area contributed by atoms with Gasteiger partial charge in [-0.05, 0) is 90.3 Å². The Labute approximate surface area is 269 Å². The van der Waals surface area contributed by atoms with Crippen LogP contribution in [0.5, 0.6) is 17.2 Å². The number of ether oxygens (including phenoxy) is 3. The molecule has 4 aromatic carbocycles. The van der Waals surface area contributed by atoms with Crippen molar-refractivity contribution in [2.45, 2.75) is 64.4 Å². The highest BCUT2D eigenvalue weighted by molar-refractivity contribution is 5.68. The molecule has 4 rings (SSSR count). The predicted molar refractivity (Wildman–Crippen MR) is 175 cm³/mol. The number of unbranched alkanes of at least 4 members (excludes halogenated alkanes) is 3. The molecule has 0 aromatic heterocycles. The van der Waals surface area contributed by atoms with Gasteiger partial charge in [0, 0.05) is 18.9 Å². The van der Waals surface area contributed by atoms with Gasteiger partial charge in [-0.2, -0.15) is 0 Å². The molecule has 0 saturated carbocycles. The van der Waals surface area contributed by atoms with Crippen molar-refractivity contribution in [3.63, 3.8) is 0 Å². The minimum Gasteiger partial charge on any atom is -0.493 e. The molecule has 0 saturated heterocycles. The Hall–Kier alpha value is -4.85. The second-order valence-electron chi connectivity index (χ2n) is 11.1. The van der Waals surface area contributed by atoms with E-state index in [9.17, 15) is 19.1 Å². The van der Waals surface area contributed by atoms with Crippen LogP contribution in [0.3, 0.4) is 0 Å². The van der Waals surface area contributed by atoms with Crippen molar-refractivity contribution < 1.29 is 38.4 Å². The largest absolute Gasteiger partial charge is 0.493 e. The maximum absolute atomic E-state index is 14.0. The third-order valence-electron chi connectivity index (χ3n) is 7.51. The summed E-state index contributed by atoms with van der Waals surface area (Å²) in [5, 5.41) is 18.1. The van der Waals surface area contributed by atoms with E-state index >= 15 is 0 Å². The highest BCUT2D eigenvalue weighted by Crippen LogP contribution is 2.31. The van der Waals surface area contributed by atoms with Crippen molar-refractivity contribution in [2.24, 2.45) is 0 Å². The van der Waals surface area contributed by atoms with Crippen LogP contribution in [0.2, 0.25) is 0 Å². The molecular weight excluding hydrogens is 587 g/mol. The molecule has 0 fully saturated rings. The molecule has 0 heterocycles. The third-order valence-corrected chi connectivity index (χ3v) is 7.51. The molecule has 0 aliphatic rings. The van der Waals surface area contributed by atoms with Crippen LogP contribution >= 0.6 is 0 Å². The van der Waals surface area contributed by atoms with Crippen LogP contribution in [-0.2, 0) is 29.0 Å². The number of benzene rings is 4. The molecule has 0 unspecified atom stereocenters. The van der Waals surface area contributed by atoms with Crippen LogP contribution in [0.4, 0.5) is 4.39 Å². The normalized spacial score (nSPS) is 10.8. The number of hydrogen-bond acceptors (Lipinski definition) is 5. The number of rotatable bonds is 20. The van der Waals surface area contributed by atoms with Crippen molar-refractivity contribution >= 4 is 11.9 Å². The lowest BCUT2D eigenvalue weighted by atomic mass is 9.97. The zero-order valence-corrected chi connectivity index (χ0v) is 26.0. The molecule has 4 aromatic rings. The molecule has 0 aliphatic heterocycles. The lowest BCUT2D eigenvalue weighted by Crippen LogP contribution is -2.07. The molecular formula is C38H41FO7. The number of halogens is 1. The second kappa shape index (κ2) is 18.2. The molecule has 0 atom stereocenters. The Morgan fingerprint density at radius 1 is 0.609 bits per heavy atom. The van der Waals surface area contributed by atoms with Crippen molar-refractivity contribution in [3.05, 3.63) is 114 Å². The summed E-state index contributed by atoms with van der Waals surface area (Å²) < 4.78 is 32.0. The average Bonchev–Trinajstić information content (AvgIpc) is 3.05. The van der Waals surface area contributed by atoms with Crippen LogP contribution in [0.25, 0.3) is 11.1 Å². The Morgan fingerprint density at radius 3 is 2.09 bits per heavy atom. The van der Waals surface area contributed by atoms with Gasteiger partial charge in [-0.15, -0.1) is 0 Å². The summed E-state index contributed by atoms with van der Waals surface area (Å²) in [6.07, 6.45) is 5.26. The Morgan fingerprint density at radius 2 is 1.33 bits per heavy atom. The first-order valence-electron chi connectivity index (χ1n) is 15.7. The number of hydrogen-bond donors (Lipinski definition) is 2. The monoisotopic (exact) mass is 628 g/mol. The first kappa shape index (κ1) is 34.0. The summed E-state index contributed by atoms with van der Waals surface area (Å²) in [5.41, 5.74) is 4.54. The van der Waals surface area contributed by atoms with Gasteiger partial charge in [0.2, 0.25) is 0 Å². The maximum Gasteiger partial charge on any atom is 0.303 e. The molecule has 2 N–H and O–H groups in total. The van der Waals surface area contributed by atoms with E-state index in [1.54, 1.807) is 6.07 Å². The molecule has 0 amide bonds. The molecule has 8 heteroatoms. The first-order chi connectivity index (χ1) is 22.4. The van der Waals surface area contributed by atoms with Crippen LogP contribution < -0.4 is 14.2 Å². The molecule has 7 nitrogen and oxygen atoms in total. The van der Waals surface area contributed by atoms with E-state index in [1.165, 1.54) is 12.1 Å². The van der Waals surface area contributed by atoms with Crippen molar-refractivity contribution in [2.75, 3.05) is 13.2 Å². The zero-order valence-electron chi connectivity index (χ0n) is 26.0. The summed E-state index contributed by atoms with van der Waals surface area (Å²) in [6.45, 7) is 1.19. The predicted octanol–water partition coefficient (Wildman–Crippen LogP) is 8.51. The summed E-state index contributed by atoms with van der Waals surface area (Å²) >= 11 is 0. The average molecular weight is 629 g/mol. The molecule has 0 aliphatic carbocycles. The van der Waals surface area contributed by atoms with Gasteiger partial charge in [0.1, 0.15) is 29.7 Å². The Kier molecular flexibility index (Phi) is 13.5. The van der Waals surface area contributed by atoms with Crippen LogP contribution in [-0.4, -0.2) is 35.4 Å². The van der Waals surface area contributed by atoms with Gasteiger partial charge in [0.15, 0.2) is 0 Å². The van der Waals surface area contributed by atoms with Crippen LogP contribution in [0.1, 0.15) is 61.6 Å². The third kappa shape index (κ3) is 11.6. The highest BCUT2D eigenvalue weighted by atomic mass is 19.1. The quantitative estimate of drug-likeness (QED) is 0.0946. The Balaban J connectivity index is 1.29. The first-order valence-corrected chi connectivity index (χ1v) is 15.7. The number of aliphatic carboxylic acids is 2. The van der Waals surface area contributed by atoms with Crippen molar-refractivity contribution in [1.29, 1.82) is 0 Å². The second-order valence-corrected chi connectivity index (χ2v) is 11.1. The minimum atomic E-state index is -0.872. The number of carbonyl (C=O) groups is 2. The standard InChI is InChI=1S/C38H41FO7/c39-32-16-8-15-30(23-32)31-24-33(26-34(25-31)46-27-28-11-4-3-5-12-28)44-21-7-2-1-6-13-29-14-9-17-36(35(29)19-20-38(42)43)45-22-10-18-37(40)41/h3-5,8-9,11-12,14-17,23-26H,1-2,6-7,10,13,18-22,27H2,(H,40,41)(H,42,43). The van der Waals surface area contributed by atoms with Gasteiger partial charge in [-0.25, -0.2) is 4.39 Å². The van der Waals surface area contributed by atoms with E-state index in [-0.39, 0.29) is 25.3 Å². The lowest BCUT2D eigenvalue weighted by Gasteiger charge is -2.15. The highest BCUT2D eigenvalue weighted by Gasteiger charge is 2.12. The summed E-state index contributed by atoms with van der Waals surface area (Å²) in [4.78, 5) is 22.1. The Bertz CT molecular complexity index is 1550. The van der Waals surface area contributed by atoms with Gasteiger partial charge < -0.3 is 24.4 Å². The van der Waals surface area contributed by atoms with Gasteiger partial charge in [0.25, 0.3) is 0 Å². The molecule has 0 spiro atoms. The van der Waals surface area contributed by atoms with Gasteiger partial charge in [-0.1, -0.05) is 67.4 Å². The SMILES string of the molecule is O=C(O)CCCOc1cccc(CCCCCCOc2cc(OCc3ccccc3)cc(-c3cccc(F)c3)c2)c1CCC(=O)O. The van der Waals surface area contributed by atoms with Gasteiger partial charge >= 0.3 is 11.9 Å². The molecule has 0 radical (unpaired) electrons. The van der Waals surface area contributed by atoms with Crippen molar-refractivity contribution in [1.82, 2.24) is 0 Å². The van der Waals surface area contributed by atoms with Gasteiger partial charge in [0.05, 0.1) is 13.2 Å². The van der Waals surface area contributed by atoms with E-state index in [0.29, 0.717) is 43.3 Å². The number of carboxylic acids is 2.